The Kier molecular flexibility index (Phi) is 2.95. The molecule has 0 aromatic carbocycles. The van der Waals surface area contributed by atoms with Crippen molar-refractivity contribution >= 4 is 5.97 Å². The highest BCUT2D eigenvalue weighted by molar-refractivity contribution is 5.83. The van der Waals surface area contributed by atoms with Crippen molar-refractivity contribution < 1.29 is 22.7 Å². The number of esters is 1. The summed E-state index contributed by atoms with van der Waals surface area (Å²) in [7, 11) is 0. The van der Waals surface area contributed by atoms with Crippen LogP contribution in [0.15, 0.2) is 11.6 Å². The maximum absolute atomic E-state index is 11.8. The quantitative estimate of drug-likeness (QED) is 0.542. The molecule has 0 N–H and O–H groups in total. The molecule has 0 unspecified atom stereocenters. The van der Waals surface area contributed by atoms with Gasteiger partial charge in [0, 0.05) is 6.08 Å². The molecule has 0 heterocycles. The largest absolute Gasteiger partial charge is 0.453 e. The van der Waals surface area contributed by atoms with Crippen LogP contribution >= 0.6 is 0 Å². The summed E-state index contributed by atoms with van der Waals surface area (Å²) < 4.78 is 39.4. The van der Waals surface area contributed by atoms with E-state index in [1.165, 1.54) is 12.5 Å². The van der Waals surface area contributed by atoms with Crippen molar-refractivity contribution in [3.8, 4) is 0 Å². The summed E-state index contributed by atoms with van der Waals surface area (Å²) in [5.41, 5.74) is 0.967. The molecule has 2 aliphatic carbocycles. The molecule has 0 spiro atoms. The first kappa shape index (κ1) is 11.5. The molecule has 0 amide bonds. The van der Waals surface area contributed by atoms with E-state index >= 15 is 0 Å². The lowest BCUT2D eigenvalue weighted by atomic mass is 9.71. The molecule has 0 aromatic rings. The van der Waals surface area contributed by atoms with Crippen LogP contribution < -0.4 is 0 Å². The smallest absolute Gasteiger partial charge is 0.422 e. The molecule has 2 rings (SSSR count). The molecular formula is C11H13F3O2. The number of ether oxygens (including phenoxy) is 1. The fraction of sp³-hybridized carbons (Fsp3) is 0.727. The maximum atomic E-state index is 11.8. The first-order valence-electron chi connectivity index (χ1n) is 5.40. The van der Waals surface area contributed by atoms with Crippen molar-refractivity contribution in [2.75, 3.05) is 6.61 Å². The highest BCUT2D eigenvalue weighted by atomic mass is 19.4. The average Bonchev–Trinajstić information content (AvgIpc) is 2.52. The summed E-state index contributed by atoms with van der Waals surface area (Å²) in [4.78, 5) is 11.1. The van der Waals surface area contributed by atoms with Crippen LogP contribution in [-0.4, -0.2) is 18.8 Å². The third-order valence-corrected chi connectivity index (χ3v) is 3.31. The van der Waals surface area contributed by atoms with Gasteiger partial charge in [0.2, 0.25) is 0 Å². The van der Waals surface area contributed by atoms with Crippen LogP contribution in [0.4, 0.5) is 13.2 Å². The summed E-state index contributed by atoms with van der Waals surface area (Å²) in [5.74, 6) is 0.220. The maximum Gasteiger partial charge on any atom is 0.422 e. The minimum atomic E-state index is -4.44. The Morgan fingerprint density at radius 2 is 2.19 bits per heavy atom. The number of carbonyl (C=O) groups is 1. The first-order valence-corrected chi connectivity index (χ1v) is 5.40. The molecule has 90 valence electrons. The van der Waals surface area contributed by atoms with Gasteiger partial charge in [0.1, 0.15) is 0 Å². The molecular weight excluding hydrogens is 221 g/mol. The Hall–Kier alpha value is -1.00. The Labute approximate surface area is 91.5 Å². The van der Waals surface area contributed by atoms with Crippen LogP contribution in [0.2, 0.25) is 0 Å². The molecule has 2 aliphatic rings. The summed E-state index contributed by atoms with van der Waals surface area (Å²) in [5, 5.41) is 0. The highest BCUT2D eigenvalue weighted by Gasteiger charge is 2.39. The second-order valence-corrected chi connectivity index (χ2v) is 4.44. The van der Waals surface area contributed by atoms with E-state index in [1.54, 1.807) is 0 Å². The van der Waals surface area contributed by atoms with Crippen molar-refractivity contribution in [1.29, 1.82) is 0 Å². The number of carbonyl (C=O) groups excluding carboxylic acids is 1. The lowest BCUT2D eigenvalue weighted by Crippen LogP contribution is -2.25. The van der Waals surface area contributed by atoms with Gasteiger partial charge in [-0.1, -0.05) is 12.0 Å². The summed E-state index contributed by atoms with van der Waals surface area (Å²) in [6.07, 6.45) is 1.06. The molecule has 2 fully saturated rings. The van der Waals surface area contributed by atoms with Crippen molar-refractivity contribution in [2.24, 2.45) is 11.8 Å². The Bertz CT molecular complexity index is 320. The molecule has 0 aromatic heterocycles. The number of hydrogen-bond donors (Lipinski definition) is 0. The molecule has 0 radical (unpaired) electrons. The van der Waals surface area contributed by atoms with Gasteiger partial charge in [-0.05, 0) is 31.1 Å². The lowest BCUT2D eigenvalue weighted by Gasteiger charge is -2.33. The Morgan fingerprint density at radius 1 is 1.44 bits per heavy atom. The molecule has 0 bridgehead atoms. The first-order chi connectivity index (χ1) is 7.46. The summed E-state index contributed by atoms with van der Waals surface area (Å²) in [6, 6.07) is 0. The molecule has 5 heteroatoms. The molecule has 0 aliphatic heterocycles. The van der Waals surface area contributed by atoms with Crippen LogP contribution in [0.1, 0.15) is 25.7 Å². The van der Waals surface area contributed by atoms with Gasteiger partial charge >= 0.3 is 12.1 Å². The monoisotopic (exact) mass is 234 g/mol. The van der Waals surface area contributed by atoms with E-state index in [9.17, 15) is 18.0 Å². The van der Waals surface area contributed by atoms with E-state index in [1.807, 2.05) is 0 Å². The second-order valence-electron chi connectivity index (χ2n) is 4.44. The van der Waals surface area contributed by atoms with Crippen LogP contribution in [0.25, 0.3) is 0 Å². The summed E-state index contributed by atoms with van der Waals surface area (Å²) >= 11 is 0. The second kappa shape index (κ2) is 4.11. The third-order valence-electron chi connectivity index (χ3n) is 3.31. The number of alkyl halides is 3. The average molecular weight is 234 g/mol. The van der Waals surface area contributed by atoms with E-state index in [0.29, 0.717) is 11.8 Å². The van der Waals surface area contributed by atoms with E-state index in [4.69, 9.17) is 0 Å². The Morgan fingerprint density at radius 3 is 2.81 bits per heavy atom. The minimum absolute atomic E-state index is 0.429. The molecule has 2 atom stereocenters. The van der Waals surface area contributed by atoms with Gasteiger partial charge in [0.05, 0.1) is 0 Å². The zero-order valence-electron chi connectivity index (χ0n) is 8.72. The van der Waals surface area contributed by atoms with E-state index < -0.39 is 18.8 Å². The zero-order chi connectivity index (χ0) is 11.8. The number of allylic oxidation sites excluding steroid dienone is 1. The molecule has 2 nitrogen and oxygen atoms in total. The van der Waals surface area contributed by atoms with Crippen molar-refractivity contribution in [1.82, 2.24) is 0 Å². The van der Waals surface area contributed by atoms with Gasteiger partial charge < -0.3 is 4.74 Å². The van der Waals surface area contributed by atoms with Gasteiger partial charge in [-0.2, -0.15) is 13.2 Å². The molecule has 0 saturated heterocycles. The number of hydrogen-bond acceptors (Lipinski definition) is 2. The topological polar surface area (TPSA) is 26.3 Å². The number of halogens is 3. The van der Waals surface area contributed by atoms with E-state index in [2.05, 4.69) is 4.74 Å². The predicted molar refractivity (Wildman–Crippen MR) is 50.5 cm³/mol. The normalized spacial score (nSPS) is 31.1. The molecule has 16 heavy (non-hydrogen) atoms. The lowest BCUT2D eigenvalue weighted by molar-refractivity contribution is -0.182. The molecule has 2 saturated carbocycles. The van der Waals surface area contributed by atoms with Crippen LogP contribution in [0, 0.1) is 11.8 Å². The summed E-state index contributed by atoms with van der Waals surface area (Å²) in [6.45, 7) is -1.50. The highest BCUT2D eigenvalue weighted by Crippen LogP contribution is 2.50. The number of fused-ring (bicyclic) bond motifs is 1. The van der Waals surface area contributed by atoms with Gasteiger partial charge in [-0.3, -0.25) is 0 Å². The Balaban J connectivity index is 1.81. The van der Waals surface area contributed by atoms with Crippen LogP contribution in [0.3, 0.4) is 0 Å². The van der Waals surface area contributed by atoms with Gasteiger partial charge in [0.15, 0.2) is 6.61 Å². The van der Waals surface area contributed by atoms with Crippen molar-refractivity contribution in [2.45, 2.75) is 31.9 Å². The zero-order valence-corrected chi connectivity index (χ0v) is 8.72. The van der Waals surface area contributed by atoms with E-state index in [-0.39, 0.29) is 0 Å². The van der Waals surface area contributed by atoms with E-state index in [0.717, 1.165) is 24.8 Å². The minimum Gasteiger partial charge on any atom is -0.453 e. The van der Waals surface area contributed by atoms with Gasteiger partial charge in [-0.25, -0.2) is 4.79 Å². The SMILES string of the molecule is O=C(/C=C1\C[C@@H]2CCC[C@H]12)OCC(F)(F)F. The van der Waals surface area contributed by atoms with Crippen LogP contribution in [-0.2, 0) is 9.53 Å². The fourth-order valence-electron chi connectivity index (χ4n) is 2.57. The van der Waals surface area contributed by atoms with Gasteiger partial charge in [0.25, 0.3) is 0 Å². The predicted octanol–water partition coefficient (Wildman–Crippen LogP) is 2.84. The number of rotatable bonds is 2. The fourth-order valence-corrected chi connectivity index (χ4v) is 2.57. The van der Waals surface area contributed by atoms with Crippen molar-refractivity contribution in [3.05, 3.63) is 11.6 Å². The van der Waals surface area contributed by atoms with Crippen molar-refractivity contribution in [3.63, 3.8) is 0 Å². The standard InChI is InChI=1S/C11H13F3O2/c12-11(13,14)6-16-10(15)5-8-4-7-2-1-3-9(7)8/h5,7,9H,1-4,6H2/b8-5+/t7-,9-/m0/s1. The third kappa shape index (κ3) is 2.57. The van der Waals surface area contributed by atoms with Crippen LogP contribution in [0.5, 0.6) is 0 Å². The van der Waals surface area contributed by atoms with Gasteiger partial charge in [-0.15, -0.1) is 0 Å².